The summed E-state index contributed by atoms with van der Waals surface area (Å²) >= 11 is 5.98. The lowest BCUT2D eigenvalue weighted by Crippen LogP contribution is -2.40. The van der Waals surface area contributed by atoms with Crippen LogP contribution in [-0.4, -0.2) is 29.9 Å². The molecule has 1 aliphatic heterocycles. The van der Waals surface area contributed by atoms with E-state index in [0.29, 0.717) is 36.5 Å². The average molecular weight is 330 g/mol. The molecule has 1 aliphatic rings. The van der Waals surface area contributed by atoms with Crippen LogP contribution in [0.15, 0.2) is 28.8 Å². The van der Waals surface area contributed by atoms with Gasteiger partial charge in [0.05, 0.1) is 5.41 Å². The van der Waals surface area contributed by atoms with Crippen LogP contribution in [0, 0.1) is 0 Å². The third-order valence-corrected chi connectivity index (χ3v) is 4.04. The fourth-order valence-electron chi connectivity index (χ4n) is 2.45. The molecule has 3 rings (SSSR count). The lowest BCUT2D eigenvalue weighted by atomic mass is 9.80. The van der Waals surface area contributed by atoms with Crippen LogP contribution in [0.4, 0.5) is 0 Å². The Kier molecular flexibility index (Phi) is 5.22. The summed E-state index contributed by atoms with van der Waals surface area (Å²) in [7, 11) is 0. The highest BCUT2D eigenvalue weighted by atomic mass is 35.5. The van der Waals surface area contributed by atoms with Crippen molar-refractivity contribution in [1.82, 2.24) is 10.1 Å². The summed E-state index contributed by atoms with van der Waals surface area (Å²) in [6.07, 6.45) is 1.61. The Hall–Kier alpha value is -1.14. The molecule has 0 amide bonds. The maximum atomic E-state index is 5.98. The fourth-order valence-corrected chi connectivity index (χ4v) is 2.64. The van der Waals surface area contributed by atoms with Crippen LogP contribution in [0.3, 0.4) is 0 Å². The zero-order valence-corrected chi connectivity index (χ0v) is 13.0. The van der Waals surface area contributed by atoms with Gasteiger partial charge in [-0.2, -0.15) is 4.98 Å². The van der Waals surface area contributed by atoms with Crippen LogP contribution >= 0.6 is 24.0 Å². The van der Waals surface area contributed by atoms with Gasteiger partial charge in [-0.05, 0) is 25.0 Å². The second-order valence-electron chi connectivity index (χ2n) is 5.03. The lowest BCUT2D eigenvalue weighted by molar-refractivity contribution is 0.0409. The highest BCUT2D eigenvalue weighted by molar-refractivity contribution is 6.30. The molecule has 114 valence electrons. The number of nitrogens with two attached hydrogens (primary N) is 1. The Bertz CT molecular complexity index is 597. The van der Waals surface area contributed by atoms with Gasteiger partial charge in [0.2, 0.25) is 11.7 Å². The summed E-state index contributed by atoms with van der Waals surface area (Å²) < 4.78 is 10.8. The van der Waals surface area contributed by atoms with Crippen molar-refractivity contribution in [2.45, 2.75) is 18.3 Å². The van der Waals surface area contributed by atoms with Crippen LogP contribution in [-0.2, 0) is 10.2 Å². The molecule has 5 nitrogen and oxygen atoms in total. The van der Waals surface area contributed by atoms with Crippen LogP contribution in [0.25, 0.3) is 11.4 Å². The molecular formula is C14H17Cl2N3O2. The quantitative estimate of drug-likeness (QED) is 0.937. The van der Waals surface area contributed by atoms with Gasteiger partial charge in [-0.15, -0.1) is 12.4 Å². The Morgan fingerprint density at radius 2 is 2.05 bits per heavy atom. The van der Waals surface area contributed by atoms with Gasteiger partial charge in [-0.3, -0.25) is 0 Å². The first-order valence-electron chi connectivity index (χ1n) is 6.61. The Morgan fingerprint density at radius 1 is 1.29 bits per heavy atom. The highest BCUT2D eigenvalue weighted by Crippen LogP contribution is 2.33. The monoisotopic (exact) mass is 329 g/mol. The zero-order valence-electron chi connectivity index (χ0n) is 11.4. The van der Waals surface area contributed by atoms with Crippen LogP contribution in [0.5, 0.6) is 0 Å². The Morgan fingerprint density at radius 3 is 2.71 bits per heavy atom. The number of halogens is 2. The summed E-state index contributed by atoms with van der Waals surface area (Å²) in [6.45, 7) is 1.83. The van der Waals surface area contributed by atoms with Crippen molar-refractivity contribution in [3.05, 3.63) is 35.2 Å². The van der Waals surface area contributed by atoms with E-state index in [-0.39, 0.29) is 17.8 Å². The predicted molar refractivity (Wildman–Crippen MR) is 82.8 cm³/mol. The normalized spacial score (nSPS) is 17.2. The van der Waals surface area contributed by atoms with E-state index < -0.39 is 0 Å². The molecule has 1 aromatic heterocycles. The summed E-state index contributed by atoms with van der Waals surface area (Å²) in [5.74, 6) is 1.14. The molecule has 0 unspecified atom stereocenters. The molecule has 0 bridgehead atoms. The maximum absolute atomic E-state index is 5.98. The number of hydrogen-bond acceptors (Lipinski definition) is 5. The number of ether oxygens (including phenoxy) is 1. The summed E-state index contributed by atoms with van der Waals surface area (Å²) in [5, 5.41) is 4.70. The van der Waals surface area contributed by atoms with Gasteiger partial charge in [-0.25, -0.2) is 0 Å². The molecule has 0 aliphatic carbocycles. The molecule has 0 radical (unpaired) electrons. The lowest BCUT2D eigenvalue weighted by Gasteiger charge is -2.32. The van der Waals surface area contributed by atoms with Crippen LogP contribution < -0.4 is 5.73 Å². The molecule has 0 spiro atoms. The van der Waals surface area contributed by atoms with Gasteiger partial charge in [0, 0.05) is 30.3 Å². The number of rotatable bonds is 3. The summed E-state index contributed by atoms with van der Waals surface area (Å²) in [4.78, 5) is 4.52. The van der Waals surface area contributed by atoms with E-state index in [4.69, 9.17) is 26.6 Å². The van der Waals surface area contributed by atoms with Crippen molar-refractivity contribution in [2.24, 2.45) is 5.73 Å². The van der Waals surface area contributed by atoms with Gasteiger partial charge >= 0.3 is 0 Å². The largest absolute Gasteiger partial charge is 0.381 e. The molecule has 0 saturated carbocycles. The SMILES string of the molecule is Cl.NCC1(c2nc(-c3cccc(Cl)c3)no2)CCOCC1. The van der Waals surface area contributed by atoms with E-state index in [1.54, 1.807) is 0 Å². The fraction of sp³-hybridized carbons (Fsp3) is 0.429. The van der Waals surface area contributed by atoms with Gasteiger partial charge in [0.25, 0.3) is 0 Å². The van der Waals surface area contributed by atoms with Gasteiger partial charge in [0.15, 0.2) is 0 Å². The van der Waals surface area contributed by atoms with Gasteiger partial charge in [0.1, 0.15) is 0 Å². The Balaban J connectivity index is 0.00000161. The molecular weight excluding hydrogens is 313 g/mol. The molecule has 7 heteroatoms. The molecule has 2 N–H and O–H groups in total. The van der Waals surface area contributed by atoms with E-state index in [9.17, 15) is 0 Å². The molecule has 1 saturated heterocycles. The van der Waals surface area contributed by atoms with Crippen molar-refractivity contribution in [1.29, 1.82) is 0 Å². The Labute approximate surface area is 134 Å². The summed E-state index contributed by atoms with van der Waals surface area (Å²) in [5.41, 5.74) is 6.52. The van der Waals surface area contributed by atoms with Gasteiger partial charge < -0.3 is 15.0 Å². The van der Waals surface area contributed by atoms with Crippen LogP contribution in [0.2, 0.25) is 5.02 Å². The minimum Gasteiger partial charge on any atom is -0.381 e. The van der Waals surface area contributed by atoms with E-state index in [1.165, 1.54) is 0 Å². The zero-order chi connectivity index (χ0) is 14.0. The number of aromatic nitrogens is 2. The van der Waals surface area contributed by atoms with Crippen LogP contribution in [0.1, 0.15) is 18.7 Å². The van der Waals surface area contributed by atoms with Crippen molar-refractivity contribution < 1.29 is 9.26 Å². The average Bonchev–Trinajstić information content (AvgIpc) is 2.98. The highest BCUT2D eigenvalue weighted by Gasteiger charge is 2.38. The maximum Gasteiger partial charge on any atom is 0.234 e. The van der Waals surface area contributed by atoms with E-state index >= 15 is 0 Å². The first-order valence-corrected chi connectivity index (χ1v) is 6.99. The predicted octanol–water partition coefficient (Wildman–Crippen LogP) is 2.82. The first kappa shape index (κ1) is 16.2. The molecule has 2 aromatic rings. The summed E-state index contributed by atoms with van der Waals surface area (Å²) in [6, 6.07) is 7.39. The molecule has 0 atom stereocenters. The third-order valence-electron chi connectivity index (χ3n) is 3.80. The van der Waals surface area contributed by atoms with E-state index in [1.807, 2.05) is 24.3 Å². The van der Waals surface area contributed by atoms with Crippen molar-refractivity contribution >= 4 is 24.0 Å². The van der Waals surface area contributed by atoms with E-state index in [0.717, 1.165) is 18.4 Å². The van der Waals surface area contributed by atoms with Crippen molar-refractivity contribution in [3.8, 4) is 11.4 Å². The second kappa shape index (κ2) is 6.75. The minimum atomic E-state index is -0.262. The third kappa shape index (κ3) is 3.21. The standard InChI is InChI=1S/C14H16ClN3O2.ClH/c15-11-3-1-2-10(8-11)12-17-13(20-18-12)14(9-16)4-6-19-7-5-14;/h1-3,8H,4-7,9,16H2;1H. The smallest absolute Gasteiger partial charge is 0.234 e. The topological polar surface area (TPSA) is 74.2 Å². The first-order chi connectivity index (χ1) is 9.73. The van der Waals surface area contributed by atoms with E-state index in [2.05, 4.69) is 10.1 Å². The minimum absolute atomic E-state index is 0. The molecule has 1 aromatic carbocycles. The number of benzene rings is 1. The second-order valence-corrected chi connectivity index (χ2v) is 5.47. The molecule has 1 fully saturated rings. The van der Waals surface area contributed by atoms with Crippen molar-refractivity contribution in [2.75, 3.05) is 19.8 Å². The number of hydrogen-bond donors (Lipinski definition) is 1. The molecule has 2 heterocycles. The number of nitrogens with zero attached hydrogens (tertiary/aromatic N) is 2. The molecule has 21 heavy (non-hydrogen) atoms. The van der Waals surface area contributed by atoms with Crippen molar-refractivity contribution in [3.63, 3.8) is 0 Å². The van der Waals surface area contributed by atoms with Gasteiger partial charge in [-0.1, -0.05) is 28.9 Å².